The Morgan fingerprint density at radius 2 is 1.31 bits per heavy atom. The zero-order valence-corrected chi connectivity index (χ0v) is 19.2. The summed E-state index contributed by atoms with van der Waals surface area (Å²) < 4.78 is 0. The van der Waals surface area contributed by atoms with Gasteiger partial charge in [0, 0.05) is 19.4 Å². The van der Waals surface area contributed by atoms with Crippen molar-refractivity contribution in [3.8, 4) is 0 Å². The third-order valence-corrected chi connectivity index (χ3v) is 4.60. The summed E-state index contributed by atoms with van der Waals surface area (Å²) >= 11 is 0. The van der Waals surface area contributed by atoms with Crippen LogP contribution in [0.15, 0.2) is 4.99 Å². The number of aliphatic carboxylic acids is 3. The second-order valence-electron chi connectivity index (χ2n) is 7.61. The van der Waals surface area contributed by atoms with Crippen molar-refractivity contribution < 1.29 is 44.1 Å². The van der Waals surface area contributed by atoms with Crippen LogP contribution in [0.4, 0.5) is 0 Å². The average molecular weight is 504 g/mol. The SMILES string of the molecule is CC(NC(=O)C(N)CCC(=O)O)C(=O)NC(CCC(=O)O)C(=O)NC(CCCN=C(N)N)C(=O)O. The number of nitrogens with zero attached hydrogens (tertiary/aromatic N) is 1. The Hall–Kier alpha value is -3.95. The van der Waals surface area contributed by atoms with E-state index in [1.165, 1.54) is 6.92 Å². The molecule has 0 fully saturated rings. The molecular weight excluding hydrogens is 470 g/mol. The van der Waals surface area contributed by atoms with Gasteiger partial charge in [0.05, 0.1) is 6.04 Å². The van der Waals surface area contributed by atoms with Gasteiger partial charge in [-0.3, -0.25) is 29.0 Å². The summed E-state index contributed by atoms with van der Waals surface area (Å²) in [6, 6.07) is -5.18. The van der Waals surface area contributed by atoms with E-state index in [1.54, 1.807) is 0 Å². The average Bonchev–Trinajstić information content (AvgIpc) is 2.75. The maximum Gasteiger partial charge on any atom is 0.326 e. The summed E-state index contributed by atoms with van der Waals surface area (Å²) in [6.45, 7) is 1.39. The number of carboxylic acid groups (broad SMARTS) is 3. The van der Waals surface area contributed by atoms with Crippen LogP contribution in [0.25, 0.3) is 0 Å². The number of rotatable bonds is 17. The molecule has 0 aromatic rings. The third-order valence-electron chi connectivity index (χ3n) is 4.60. The van der Waals surface area contributed by atoms with Crippen LogP contribution in [-0.4, -0.2) is 87.6 Å². The largest absolute Gasteiger partial charge is 0.481 e. The Morgan fingerprint density at radius 1 is 0.771 bits per heavy atom. The molecule has 0 radical (unpaired) electrons. The first kappa shape index (κ1) is 31.0. The van der Waals surface area contributed by atoms with Crippen LogP contribution in [0.1, 0.15) is 45.4 Å². The summed E-state index contributed by atoms with van der Waals surface area (Å²) in [7, 11) is 0. The Bertz CT molecular complexity index is 814. The summed E-state index contributed by atoms with van der Waals surface area (Å²) in [5.74, 6) is -6.55. The molecule has 0 aliphatic carbocycles. The van der Waals surface area contributed by atoms with Crippen LogP contribution in [0.2, 0.25) is 0 Å². The van der Waals surface area contributed by atoms with Gasteiger partial charge in [-0.05, 0) is 32.6 Å². The first-order chi connectivity index (χ1) is 16.2. The lowest BCUT2D eigenvalue weighted by molar-refractivity contribution is -0.143. The molecule has 0 saturated heterocycles. The highest BCUT2D eigenvalue weighted by Crippen LogP contribution is 2.04. The number of carboxylic acids is 3. The lowest BCUT2D eigenvalue weighted by Crippen LogP contribution is -2.56. The van der Waals surface area contributed by atoms with Gasteiger partial charge >= 0.3 is 17.9 Å². The molecule has 4 unspecified atom stereocenters. The fourth-order valence-corrected chi connectivity index (χ4v) is 2.66. The topological polar surface area (TPSA) is 290 Å². The number of aliphatic imine (C=N–C) groups is 1. The maximum absolute atomic E-state index is 12.6. The van der Waals surface area contributed by atoms with Crippen molar-refractivity contribution in [2.45, 2.75) is 69.6 Å². The molecule has 16 heteroatoms. The van der Waals surface area contributed by atoms with E-state index in [9.17, 15) is 33.9 Å². The van der Waals surface area contributed by atoms with Crippen molar-refractivity contribution in [3.63, 3.8) is 0 Å². The number of nitrogens with two attached hydrogens (primary N) is 3. The second kappa shape index (κ2) is 15.8. The van der Waals surface area contributed by atoms with Gasteiger partial charge in [0.15, 0.2) is 5.96 Å². The van der Waals surface area contributed by atoms with Crippen molar-refractivity contribution in [2.24, 2.45) is 22.2 Å². The normalized spacial score (nSPS) is 13.9. The van der Waals surface area contributed by atoms with Crippen LogP contribution < -0.4 is 33.2 Å². The van der Waals surface area contributed by atoms with Gasteiger partial charge < -0.3 is 48.5 Å². The molecule has 0 aliphatic heterocycles. The summed E-state index contributed by atoms with van der Waals surface area (Å²) in [5, 5.41) is 33.7. The van der Waals surface area contributed by atoms with E-state index >= 15 is 0 Å². The number of hydrogen-bond donors (Lipinski definition) is 9. The van der Waals surface area contributed by atoms with Gasteiger partial charge in [-0.1, -0.05) is 0 Å². The number of guanidine groups is 1. The lowest BCUT2D eigenvalue weighted by atomic mass is 10.1. The van der Waals surface area contributed by atoms with Gasteiger partial charge in [0.2, 0.25) is 17.7 Å². The van der Waals surface area contributed by atoms with Gasteiger partial charge in [0.1, 0.15) is 18.1 Å². The third kappa shape index (κ3) is 14.0. The number of carbonyl (C=O) groups is 6. The summed E-state index contributed by atoms with van der Waals surface area (Å²) in [5.41, 5.74) is 16.0. The van der Waals surface area contributed by atoms with E-state index < -0.39 is 66.2 Å². The van der Waals surface area contributed by atoms with Gasteiger partial charge in [-0.2, -0.15) is 0 Å². The molecule has 4 atom stereocenters. The standard InChI is InChI=1S/C19H33N7O9/c1-9(24-16(32)10(20)4-6-13(27)28)15(31)25-11(5-7-14(29)30)17(33)26-12(18(34)35)3-2-8-23-19(21)22/h9-12H,2-8,20H2,1H3,(H,24,32)(H,25,31)(H,26,33)(H,27,28)(H,29,30)(H,34,35)(H4,21,22,23). The maximum atomic E-state index is 12.6. The van der Waals surface area contributed by atoms with Crippen molar-refractivity contribution in [2.75, 3.05) is 6.54 Å². The summed E-state index contributed by atoms with van der Waals surface area (Å²) in [6.07, 6.45) is -1.22. The number of hydrogen-bond acceptors (Lipinski definition) is 8. The van der Waals surface area contributed by atoms with E-state index in [-0.39, 0.29) is 44.6 Å². The molecular formula is C19H33N7O9. The second-order valence-corrected chi connectivity index (χ2v) is 7.61. The Kier molecular flexibility index (Phi) is 14.0. The molecule has 16 nitrogen and oxygen atoms in total. The first-order valence-corrected chi connectivity index (χ1v) is 10.6. The molecule has 3 amide bonds. The van der Waals surface area contributed by atoms with Crippen LogP contribution in [0.3, 0.4) is 0 Å². The monoisotopic (exact) mass is 503 g/mol. The van der Waals surface area contributed by atoms with Crippen LogP contribution >= 0.6 is 0 Å². The Balaban J connectivity index is 5.16. The number of carbonyl (C=O) groups excluding carboxylic acids is 3. The zero-order valence-electron chi connectivity index (χ0n) is 19.2. The molecule has 0 aliphatic rings. The molecule has 12 N–H and O–H groups in total. The van der Waals surface area contributed by atoms with Crippen LogP contribution in [0.5, 0.6) is 0 Å². The molecule has 0 bridgehead atoms. The Labute approximate surface area is 200 Å². The number of amides is 3. The molecule has 35 heavy (non-hydrogen) atoms. The van der Waals surface area contributed by atoms with Crippen molar-refractivity contribution >= 4 is 41.6 Å². The molecule has 0 aromatic heterocycles. The highest BCUT2D eigenvalue weighted by molar-refractivity contribution is 5.94. The van der Waals surface area contributed by atoms with E-state index in [2.05, 4.69) is 20.9 Å². The molecule has 0 aromatic carbocycles. The quantitative estimate of drug-likeness (QED) is 0.0534. The van der Waals surface area contributed by atoms with Crippen molar-refractivity contribution in [1.29, 1.82) is 0 Å². The minimum Gasteiger partial charge on any atom is -0.481 e. The van der Waals surface area contributed by atoms with Gasteiger partial charge in [0.25, 0.3) is 0 Å². The predicted octanol–water partition coefficient (Wildman–Crippen LogP) is -3.34. The smallest absolute Gasteiger partial charge is 0.326 e. The van der Waals surface area contributed by atoms with Crippen LogP contribution in [-0.2, 0) is 28.8 Å². The first-order valence-electron chi connectivity index (χ1n) is 10.6. The zero-order chi connectivity index (χ0) is 27.1. The van der Waals surface area contributed by atoms with Gasteiger partial charge in [-0.15, -0.1) is 0 Å². The molecule has 0 spiro atoms. The highest BCUT2D eigenvalue weighted by atomic mass is 16.4. The number of nitrogens with one attached hydrogen (secondary N) is 3. The lowest BCUT2D eigenvalue weighted by Gasteiger charge is -2.23. The van der Waals surface area contributed by atoms with E-state index in [0.29, 0.717) is 0 Å². The molecule has 0 heterocycles. The van der Waals surface area contributed by atoms with E-state index in [0.717, 1.165) is 0 Å². The van der Waals surface area contributed by atoms with E-state index in [1.807, 2.05) is 0 Å². The summed E-state index contributed by atoms with van der Waals surface area (Å²) in [4.78, 5) is 73.9. The highest BCUT2D eigenvalue weighted by Gasteiger charge is 2.29. The van der Waals surface area contributed by atoms with E-state index in [4.69, 9.17) is 27.4 Å². The van der Waals surface area contributed by atoms with Gasteiger partial charge in [-0.25, -0.2) is 4.79 Å². The molecule has 198 valence electrons. The molecule has 0 saturated carbocycles. The minimum atomic E-state index is -1.42. The minimum absolute atomic E-state index is 0.0435. The van der Waals surface area contributed by atoms with Crippen LogP contribution in [0, 0.1) is 0 Å². The molecule has 0 rings (SSSR count). The fourth-order valence-electron chi connectivity index (χ4n) is 2.66. The van der Waals surface area contributed by atoms with Crippen molar-refractivity contribution in [1.82, 2.24) is 16.0 Å². The predicted molar refractivity (Wildman–Crippen MR) is 121 cm³/mol. The fraction of sp³-hybridized carbons (Fsp3) is 0.632. The Morgan fingerprint density at radius 3 is 1.83 bits per heavy atom. The van der Waals surface area contributed by atoms with Crippen molar-refractivity contribution in [3.05, 3.63) is 0 Å².